The molecule has 17 heavy (non-hydrogen) atoms. The summed E-state index contributed by atoms with van der Waals surface area (Å²) in [5.74, 6) is -0.260. The quantitative estimate of drug-likeness (QED) is 0.522. The molecular formula is C12H17N3OS. The lowest BCUT2D eigenvalue weighted by Crippen LogP contribution is -2.44. The summed E-state index contributed by atoms with van der Waals surface area (Å²) in [7, 11) is 0. The van der Waals surface area contributed by atoms with Crippen LogP contribution >= 0.6 is 12.2 Å². The minimum absolute atomic E-state index is 0.00683. The Bertz CT molecular complexity index is 438. The topological polar surface area (TPSA) is 67.2 Å². The maximum Gasteiger partial charge on any atom is 0.269 e. The Morgan fingerprint density at radius 1 is 1.29 bits per heavy atom. The largest absolute Gasteiger partial charge is 0.375 e. The number of rotatable bonds is 1. The molecule has 0 atom stereocenters. The number of hydrazine groups is 1. The molecule has 0 unspecified atom stereocenters. The smallest absolute Gasteiger partial charge is 0.269 e. The molecule has 1 amide bonds. The van der Waals surface area contributed by atoms with E-state index in [0.717, 1.165) is 5.56 Å². The fourth-order valence-electron chi connectivity index (χ4n) is 1.32. The van der Waals surface area contributed by atoms with Crippen molar-refractivity contribution < 1.29 is 4.79 Å². The van der Waals surface area contributed by atoms with Gasteiger partial charge in [0, 0.05) is 5.56 Å². The summed E-state index contributed by atoms with van der Waals surface area (Å²) in [4.78, 5) is 11.7. The number of benzene rings is 1. The van der Waals surface area contributed by atoms with Gasteiger partial charge in [-0.1, -0.05) is 32.9 Å². The van der Waals surface area contributed by atoms with E-state index in [-0.39, 0.29) is 16.4 Å². The van der Waals surface area contributed by atoms with Gasteiger partial charge in [-0.15, -0.1) is 0 Å². The first-order valence-electron chi connectivity index (χ1n) is 5.27. The van der Waals surface area contributed by atoms with E-state index in [0.29, 0.717) is 5.56 Å². The van der Waals surface area contributed by atoms with Gasteiger partial charge in [-0.3, -0.25) is 15.6 Å². The van der Waals surface area contributed by atoms with Crippen LogP contribution in [0.4, 0.5) is 0 Å². The lowest BCUT2D eigenvalue weighted by Gasteiger charge is -2.19. The van der Waals surface area contributed by atoms with E-state index in [4.69, 9.17) is 5.73 Å². The minimum Gasteiger partial charge on any atom is -0.375 e. The van der Waals surface area contributed by atoms with Crippen LogP contribution in [-0.2, 0) is 5.41 Å². The van der Waals surface area contributed by atoms with Crippen LogP contribution in [0.15, 0.2) is 24.3 Å². The highest BCUT2D eigenvalue weighted by Gasteiger charge is 2.15. The molecule has 0 saturated carbocycles. The Kier molecular flexibility index (Phi) is 4.07. The van der Waals surface area contributed by atoms with Gasteiger partial charge in [0.2, 0.25) is 0 Å². The highest BCUT2D eigenvalue weighted by molar-refractivity contribution is 7.80. The monoisotopic (exact) mass is 251 g/mol. The molecule has 4 nitrogen and oxygen atoms in total. The second-order valence-corrected chi connectivity index (χ2v) is 5.21. The number of carbonyl (C=O) groups is 1. The third-order valence-electron chi connectivity index (χ3n) is 2.29. The zero-order valence-electron chi connectivity index (χ0n) is 10.2. The number of nitrogens with two attached hydrogens (primary N) is 1. The summed E-state index contributed by atoms with van der Waals surface area (Å²) in [6, 6.07) is 7.45. The zero-order valence-corrected chi connectivity index (χ0v) is 11.0. The summed E-state index contributed by atoms with van der Waals surface area (Å²) < 4.78 is 0. The van der Waals surface area contributed by atoms with Crippen LogP contribution in [-0.4, -0.2) is 11.0 Å². The van der Waals surface area contributed by atoms with Gasteiger partial charge in [-0.05, 0) is 35.3 Å². The van der Waals surface area contributed by atoms with Gasteiger partial charge in [0.05, 0.1) is 0 Å². The molecular weight excluding hydrogens is 234 g/mol. The molecule has 1 rings (SSSR count). The number of hydrogen-bond acceptors (Lipinski definition) is 2. The van der Waals surface area contributed by atoms with Crippen molar-refractivity contribution in [3.8, 4) is 0 Å². The maximum absolute atomic E-state index is 11.7. The third kappa shape index (κ3) is 4.03. The average molecular weight is 251 g/mol. The first-order chi connectivity index (χ1) is 7.80. The Balaban J connectivity index is 2.85. The number of thiocarbonyl (C=S) groups is 1. The van der Waals surface area contributed by atoms with E-state index in [1.807, 2.05) is 18.2 Å². The van der Waals surface area contributed by atoms with Gasteiger partial charge >= 0.3 is 0 Å². The molecule has 1 aromatic rings. The predicted octanol–water partition coefficient (Wildman–Crippen LogP) is 1.46. The Morgan fingerprint density at radius 3 is 2.47 bits per heavy atom. The Hall–Kier alpha value is -1.62. The number of carbonyl (C=O) groups excluding carboxylic acids is 1. The second kappa shape index (κ2) is 5.14. The van der Waals surface area contributed by atoms with Crippen LogP contribution in [0.2, 0.25) is 0 Å². The van der Waals surface area contributed by atoms with Crippen molar-refractivity contribution in [3.63, 3.8) is 0 Å². The van der Waals surface area contributed by atoms with Crippen molar-refractivity contribution in [1.82, 2.24) is 10.9 Å². The summed E-state index contributed by atoms with van der Waals surface area (Å²) >= 11 is 4.60. The van der Waals surface area contributed by atoms with Crippen molar-refractivity contribution in [2.24, 2.45) is 5.73 Å². The molecule has 0 aliphatic rings. The van der Waals surface area contributed by atoms with Gasteiger partial charge in [0.25, 0.3) is 5.91 Å². The predicted molar refractivity (Wildman–Crippen MR) is 72.5 cm³/mol. The average Bonchev–Trinajstić information content (AvgIpc) is 2.25. The lowest BCUT2D eigenvalue weighted by molar-refractivity contribution is 0.0944. The van der Waals surface area contributed by atoms with Crippen molar-refractivity contribution >= 4 is 23.2 Å². The van der Waals surface area contributed by atoms with Crippen molar-refractivity contribution in [2.45, 2.75) is 26.2 Å². The molecule has 1 aromatic carbocycles. The first kappa shape index (κ1) is 13.4. The fraction of sp³-hybridized carbons (Fsp3) is 0.333. The summed E-state index contributed by atoms with van der Waals surface area (Å²) in [6.07, 6.45) is 0. The molecule has 0 bridgehead atoms. The van der Waals surface area contributed by atoms with E-state index in [9.17, 15) is 4.79 Å². The molecule has 0 spiro atoms. The van der Waals surface area contributed by atoms with Gasteiger partial charge in [-0.25, -0.2) is 0 Å². The normalized spacial score (nSPS) is 10.8. The Morgan fingerprint density at radius 2 is 1.94 bits per heavy atom. The van der Waals surface area contributed by atoms with E-state index in [2.05, 4.69) is 43.8 Å². The standard InChI is InChI=1S/C12H17N3OS/c1-12(2,3)9-6-4-5-8(7-9)10(16)14-15-11(13)17/h4-7H,1-3H3,(H,14,16)(H3,13,15,17). The van der Waals surface area contributed by atoms with Gasteiger partial charge in [0.1, 0.15) is 0 Å². The molecule has 4 N–H and O–H groups in total. The van der Waals surface area contributed by atoms with E-state index < -0.39 is 0 Å². The highest BCUT2D eigenvalue weighted by atomic mass is 32.1. The van der Waals surface area contributed by atoms with E-state index in [1.165, 1.54) is 0 Å². The molecule has 0 radical (unpaired) electrons. The second-order valence-electron chi connectivity index (χ2n) is 4.77. The van der Waals surface area contributed by atoms with Crippen molar-refractivity contribution in [3.05, 3.63) is 35.4 Å². The van der Waals surface area contributed by atoms with Gasteiger partial charge < -0.3 is 5.73 Å². The van der Waals surface area contributed by atoms with Crippen molar-refractivity contribution in [1.29, 1.82) is 0 Å². The molecule has 0 heterocycles. The number of amides is 1. The first-order valence-corrected chi connectivity index (χ1v) is 5.68. The fourth-order valence-corrected chi connectivity index (χ4v) is 1.37. The van der Waals surface area contributed by atoms with Gasteiger partial charge in [0.15, 0.2) is 5.11 Å². The summed E-state index contributed by atoms with van der Waals surface area (Å²) in [5, 5.41) is 0.0327. The maximum atomic E-state index is 11.7. The van der Waals surface area contributed by atoms with Crippen LogP contribution in [0, 0.1) is 0 Å². The minimum atomic E-state index is -0.260. The number of hydrogen-bond donors (Lipinski definition) is 3. The summed E-state index contributed by atoms with van der Waals surface area (Å²) in [5.41, 5.74) is 11.7. The SMILES string of the molecule is CC(C)(C)c1cccc(C(=O)NNC(N)=S)c1. The molecule has 0 aliphatic carbocycles. The molecule has 0 aromatic heterocycles. The van der Waals surface area contributed by atoms with Crippen LogP contribution in [0.25, 0.3) is 0 Å². The molecule has 0 aliphatic heterocycles. The van der Waals surface area contributed by atoms with Crippen molar-refractivity contribution in [2.75, 3.05) is 0 Å². The van der Waals surface area contributed by atoms with Crippen LogP contribution < -0.4 is 16.6 Å². The lowest BCUT2D eigenvalue weighted by atomic mass is 9.86. The van der Waals surface area contributed by atoms with Crippen LogP contribution in [0.3, 0.4) is 0 Å². The van der Waals surface area contributed by atoms with Crippen LogP contribution in [0.1, 0.15) is 36.7 Å². The Labute approximate surface area is 107 Å². The third-order valence-corrected chi connectivity index (χ3v) is 2.39. The molecule has 0 fully saturated rings. The molecule has 0 saturated heterocycles. The number of nitrogens with one attached hydrogen (secondary N) is 2. The van der Waals surface area contributed by atoms with Gasteiger partial charge in [-0.2, -0.15) is 0 Å². The zero-order chi connectivity index (χ0) is 13.1. The molecule has 5 heteroatoms. The van der Waals surface area contributed by atoms with E-state index in [1.54, 1.807) is 6.07 Å². The highest BCUT2D eigenvalue weighted by Crippen LogP contribution is 2.22. The van der Waals surface area contributed by atoms with E-state index >= 15 is 0 Å². The molecule has 92 valence electrons. The summed E-state index contributed by atoms with van der Waals surface area (Å²) in [6.45, 7) is 6.28. The van der Waals surface area contributed by atoms with Crippen LogP contribution in [0.5, 0.6) is 0 Å².